The summed E-state index contributed by atoms with van der Waals surface area (Å²) < 4.78 is 6.85. The maximum atomic E-state index is 6.85. The lowest BCUT2D eigenvalue weighted by Crippen LogP contribution is -2.44. The van der Waals surface area contributed by atoms with Gasteiger partial charge in [0.1, 0.15) is 5.58 Å². The van der Waals surface area contributed by atoms with Crippen molar-refractivity contribution >= 4 is 28.0 Å². The summed E-state index contributed by atoms with van der Waals surface area (Å²) in [6.07, 6.45) is 4.24. The smallest absolute Gasteiger partial charge is 0.155 e. The highest BCUT2D eigenvalue weighted by Gasteiger charge is 2.57. The molecule has 3 aliphatic rings. The van der Waals surface area contributed by atoms with E-state index >= 15 is 0 Å². The van der Waals surface area contributed by atoms with Crippen LogP contribution in [0.25, 0.3) is 38.9 Å². The van der Waals surface area contributed by atoms with Gasteiger partial charge in [-0.05, 0) is 110 Å². The van der Waals surface area contributed by atoms with Crippen LogP contribution >= 0.6 is 0 Å². The van der Waals surface area contributed by atoms with E-state index < -0.39 is 10.8 Å². The second-order valence-corrected chi connectivity index (χ2v) is 17.4. The summed E-state index contributed by atoms with van der Waals surface area (Å²) in [6.45, 7) is 0. The van der Waals surface area contributed by atoms with E-state index in [4.69, 9.17) is 4.42 Å². The summed E-state index contributed by atoms with van der Waals surface area (Å²) in [6, 6.07) is 85.4. The maximum Gasteiger partial charge on any atom is 0.155 e. The Kier molecular flexibility index (Phi) is 8.20. The van der Waals surface area contributed by atoms with Gasteiger partial charge in [-0.1, -0.05) is 206 Å². The van der Waals surface area contributed by atoms with E-state index in [0.717, 1.165) is 41.3 Å². The average molecular weight is 818 g/mol. The summed E-state index contributed by atoms with van der Waals surface area (Å²) in [5.74, 6) is 0.942. The van der Waals surface area contributed by atoms with Crippen LogP contribution in [0.2, 0.25) is 0 Å². The molecule has 2 atom stereocenters. The van der Waals surface area contributed by atoms with Crippen molar-refractivity contribution in [1.82, 2.24) is 0 Å². The molecular weight excluding hydrogens is 775 g/mol. The first-order chi connectivity index (χ1) is 31.8. The number of nitrogens with zero attached hydrogens (tertiary/aromatic N) is 1. The topological polar surface area (TPSA) is 16.4 Å². The predicted molar refractivity (Wildman–Crippen MR) is 262 cm³/mol. The summed E-state index contributed by atoms with van der Waals surface area (Å²) in [5, 5.41) is 1.19. The number of hydrogen-bond acceptors (Lipinski definition) is 2. The van der Waals surface area contributed by atoms with Crippen LogP contribution in [0.3, 0.4) is 0 Å². The van der Waals surface area contributed by atoms with Gasteiger partial charge < -0.3 is 9.32 Å². The highest BCUT2D eigenvalue weighted by molar-refractivity contribution is 5.96. The Morgan fingerprint density at radius 1 is 0.406 bits per heavy atom. The third-order valence-corrected chi connectivity index (χ3v) is 14.3. The Bertz CT molecular complexity index is 3440. The second kappa shape index (κ2) is 14.3. The molecule has 1 aromatic heterocycles. The third kappa shape index (κ3) is 5.08. The normalized spacial score (nSPS) is 17.8. The Labute approximate surface area is 374 Å². The van der Waals surface area contributed by atoms with Gasteiger partial charge in [0, 0.05) is 22.3 Å². The van der Waals surface area contributed by atoms with E-state index in [1.807, 2.05) is 0 Å². The molecule has 2 nitrogen and oxygen atoms in total. The van der Waals surface area contributed by atoms with Gasteiger partial charge in [-0.2, -0.15) is 0 Å². The van der Waals surface area contributed by atoms with E-state index in [1.54, 1.807) is 0 Å². The first-order valence-electron chi connectivity index (χ1n) is 22.5. The Balaban J connectivity index is 1.09. The Morgan fingerprint density at radius 2 is 0.969 bits per heavy atom. The van der Waals surface area contributed by atoms with Crippen molar-refractivity contribution in [2.45, 2.75) is 23.7 Å². The minimum atomic E-state index is -0.673. The fourth-order valence-electron chi connectivity index (χ4n) is 11.8. The molecule has 2 heteroatoms. The number of hydrogen-bond donors (Lipinski definition) is 0. The van der Waals surface area contributed by atoms with E-state index in [1.165, 1.54) is 77.7 Å². The molecule has 0 saturated heterocycles. The Morgan fingerprint density at radius 3 is 1.73 bits per heavy atom. The van der Waals surface area contributed by atoms with Crippen molar-refractivity contribution in [2.24, 2.45) is 0 Å². The third-order valence-electron chi connectivity index (χ3n) is 14.3. The molecule has 1 heterocycles. The molecule has 13 rings (SSSR count). The average Bonchev–Trinajstić information content (AvgIpc) is 3.91. The molecule has 0 spiro atoms. The van der Waals surface area contributed by atoms with Crippen molar-refractivity contribution in [3.05, 3.63) is 292 Å². The molecule has 0 aliphatic heterocycles. The van der Waals surface area contributed by atoms with Gasteiger partial charge in [-0.15, -0.1) is 0 Å². The van der Waals surface area contributed by atoms with Crippen LogP contribution in [0.4, 0.5) is 11.4 Å². The van der Waals surface area contributed by atoms with E-state index in [0.29, 0.717) is 0 Å². The van der Waals surface area contributed by atoms with E-state index in [9.17, 15) is 0 Å². The van der Waals surface area contributed by atoms with Crippen LogP contribution in [-0.2, 0) is 17.3 Å². The molecule has 9 aromatic carbocycles. The zero-order chi connectivity index (χ0) is 42.2. The van der Waals surface area contributed by atoms with Crippen LogP contribution in [0.1, 0.15) is 62.3 Å². The van der Waals surface area contributed by atoms with Crippen LogP contribution in [0.15, 0.2) is 241 Å². The molecule has 64 heavy (non-hydrogen) atoms. The molecular formula is C62H43NO. The monoisotopic (exact) mass is 817 g/mol. The van der Waals surface area contributed by atoms with Crippen LogP contribution in [-0.4, -0.2) is 0 Å². The van der Waals surface area contributed by atoms with Crippen molar-refractivity contribution in [3.63, 3.8) is 0 Å². The zero-order valence-corrected chi connectivity index (χ0v) is 35.3. The SMILES string of the molecule is C1=C(N(c2ccc(-c3ccccc3)cc2)c2cccc(C3(c4ccccc4)c4ccccc4C4(c5ccccc5)c5ccccc5-c5cccc3c54)c2)c2oc3ccccc3c2CC1. The molecule has 0 radical (unpaired) electrons. The largest absolute Gasteiger partial charge is 0.454 e. The lowest BCUT2D eigenvalue weighted by atomic mass is 9.51. The minimum Gasteiger partial charge on any atom is -0.454 e. The highest BCUT2D eigenvalue weighted by Crippen LogP contribution is 2.66. The first-order valence-corrected chi connectivity index (χ1v) is 22.5. The molecule has 2 unspecified atom stereocenters. The van der Waals surface area contributed by atoms with Gasteiger partial charge in [-0.25, -0.2) is 0 Å². The van der Waals surface area contributed by atoms with Gasteiger partial charge in [0.15, 0.2) is 5.76 Å². The lowest BCUT2D eigenvalue weighted by molar-refractivity contribution is 0.588. The number of allylic oxidation sites excluding steroid dienone is 1. The summed E-state index contributed by atoms with van der Waals surface area (Å²) in [5.41, 5.74) is 19.6. The molecule has 3 aliphatic carbocycles. The predicted octanol–water partition coefficient (Wildman–Crippen LogP) is 15.3. The van der Waals surface area contributed by atoms with Gasteiger partial charge in [0.25, 0.3) is 0 Å². The zero-order valence-electron chi connectivity index (χ0n) is 35.3. The number of benzene rings is 9. The lowest BCUT2D eigenvalue weighted by Gasteiger charge is -2.49. The Hall–Kier alpha value is -7.94. The molecule has 0 fully saturated rings. The van der Waals surface area contributed by atoms with E-state index in [-0.39, 0.29) is 0 Å². The van der Waals surface area contributed by atoms with Crippen molar-refractivity contribution in [2.75, 3.05) is 4.90 Å². The number of rotatable bonds is 7. The highest BCUT2D eigenvalue weighted by atomic mass is 16.3. The van der Waals surface area contributed by atoms with Crippen LogP contribution < -0.4 is 4.90 Å². The molecule has 0 amide bonds. The van der Waals surface area contributed by atoms with E-state index in [2.05, 4.69) is 241 Å². The molecule has 302 valence electrons. The summed E-state index contributed by atoms with van der Waals surface area (Å²) in [4.78, 5) is 2.44. The molecule has 0 bridgehead atoms. The minimum absolute atomic E-state index is 0.507. The number of fused-ring (bicyclic) bond motifs is 8. The van der Waals surface area contributed by atoms with Crippen LogP contribution in [0.5, 0.6) is 0 Å². The molecule has 0 saturated carbocycles. The van der Waals surface area contributed by atoms with Crippen molar-refractivity contribution in [3.8, 4) is 22.3 Å². The van der Waals surface area contributed by atoms with Gasteiger partial charge in [0.2, 0.25) is 0 Å². The fourth-order valence-corrected chi connectivity index (χ4v) is 11.8. The van der Waals surface area contributed by atoms with Gasteiger partial charge >= 0.3 is 0 Å². The molecule has 10 aromatic rings. The van der Waals surface area contributed by atoms with Gasteiger partial charge in [0.05, 0.1) is 16.5 Å². The first kappa shape index (κ1) is 36.7. The van der Waals surface area contributed by atoms with Gasteiger partial charge in [-0.3, -0.25) is 0 Å². The number of aryl methyl sites for hydroxylation is 1. The number of anilines is 2. The van der Waals surface area contributed by atoms with Crippen molar-refractivity contribution in [1.29, 1.82) is 0 Å². The fraction of sp³-hybridized carbons (Fsp3) is 0.0645. The standard InChI is InChI=1S/C62H43NO/c1-4-19-42(20-5-1)43-37-39-47(40-38-43)63(57-35-18-30-52-50-28-11-15-36-58(50)64-60(52)57)48-26-16-25-46(41-48)61(44-21-6-2-7-22-44)54-32-13-14-33-55(54)62(45-23-8-3-9-24-45)53-31-12-10-27-49(53)51-29-17-34-56(61)59(51)62/h1-17,19-29,31-41H,18,30H2. The van der Waals surface area contributed by atoms with Crippen molar-refractivity contribution < 1.29 is 4.42 Å². The van der Waals surface area contributed by atoms with Crippen LogP contribution in [0, 0.1) is 0 Å². The number of para-hydroxylation sites is 1. The summed E-state index contributed by atoms with van der Waals surface area (Å²) >= 11 is 0. The number of furan rings is 1. The molecule has 0 N–H and O–H groups in total. The summed E-state index contributed by atoms with van der Waals surface area (Å²) in [7, 11) is 0. The quantitative estimate of drug-likeness (QED) is 0.159. The maximum absolute atomic E-state index is 6.85. The second-order valence-electron chi connectivity index (χ2n) is 17.4.